The number of ether oxygens (including phenoxy) is 1. The van der Waals surface area contributed by atoms with Gasteiger partial charge in [-0.15, -0.1) is 0 Å². The van der Waals surface area contributed by atoms with E-state index in [0.717, 1.165) is 9.13 Å². The maximum Gasteiger partial charge on any atom is 0.280 e. The number of halogens is 9. The van der Waals surface area contributed by atoms with E-state index in [2.05, 4.69) is 27.7 Å². The van der Waals surface area contributed by atoms with Crippen LogP contribution < -0.4 is 9.75 Å². The fourth-order valence-electron chi connectivity index (χ4n) is 3.40. The molecular weight excluding hydrogens is 768 g/mol. The van der Waals surface area contributed by atoms with E-state index >= 15 is 0 Å². The molecule has 0 aliphatic carbocycles. The van der Waals surface area contributed by atoms with Crippen LogP contribution in [0.25, 0.3) is 6.08 Å². The van der Waals surface area contributed by atoms with E-state index in [-0.39, 0.29) is 22.9 Å². The van der Waals surface area contributed by atoms with Gasteiger partial charge in [0.05, 0.1) is 24.9 Å². The smallest absolute Gasteiger partial charge is 0.280 e. The zero-order valence-electron chi connectivity index (χ0n) is 18.3. The predicted molar refractivity (Wildman–Crippen MR) is 147 cm³/mol. The number of amides is 1. The molecule has 0 fully saturated rings. The molecule has 0 bridgehead atoms. The third-order valence-electron chi connectivity index (χ3n) is 5.17. The summed E-state index contributed by atoms with van der Waals surface area (Å²) in [5.74, 6) is -11.7. The first-order valence-electron chi connectivity index (χ1n) is 10.1. The summed E-state index contributed by atoms with van der Waals surface area (Å²) >= 11 is 16.1. The van der Waals surface area contributed by atoms with Crippen LogP contribution in [-0.2, 0) is 11.4 Å². The average molecular weight is 779 g/mol. The summed E-state index contributed by atoms with van der Waals surface area (Å²) in [6.45, 7) is 1.46. The van der Waals surface area contributed by atoms with E-state index in [1.165, 1.54) is 13.0 Å². The first-order valence-corrected chi connectivity index (χ1v) is 13.0. The van der Waals surface area contributed by atoms with Crippen LogP contribution in [0.15, 0.2) is 41.0 Å². The third-order valence-corrected chi connectivity index (χ3v) is 7.33. The Bertz CT molecular complexity index is 1500. The van der Waals surface area contributed by atoms with Gasteiger partial charge in [-0.2, -0.15) is 10.1 Å². The van der Waals surface area contributed by atoms with Crippen molar-refractivity contribution in [3.8, 4) is 5.75 Å². The summed E-state index contributed by atoms with van der Waals surface area (Å²) in [5.41, 5.74) is -0.445. The Labute approximate surface area is 244 Å². The number of carbonyl (C=O) groups is 1. The zero-order chi connectivity index (χ0) is 27.2. The van der Waals surface area contributed by atoms with Crippen LogP contribution in [0.4, 0.5) is 27.6 Å². The molecular formula is C24H11Cl2F5I2N2O2. The molecule has 1 aliphatic rings. The van der Waals surface area contributed by atoms with Gasteiger partial charge in [0.15, 0.2) is 23.3 Å². The molecule has 1 aliphatic heterocycles. The Hall–Kier alpha value is -1.97. The second kappa shape index (κ2) is 11.0. The van der Waals surface area contributed by atoms with Crippen molar-refractivity contribution in [3.63, 3.8) is 0 Å². The minimum atomic E-state index is -2.33. The van der Waals surface area contributed by atoms with Crippen LogP contribution >= 0.6 is 68.4 Å². The van der Waals surface area contributed by atoms with Crippen LogP contribution in [-0.4, -0.2) is 11.6 Å². The van der Waals surface area contributed by atoms with Crippen molar-refractivity contribution in [1.29, 1.82) is 0 Å². The van der Waals surface area contributed by atoms with Gasteiger partial charge in [-0.1, -0.05) is 29.3 Å². The molecule has 1 heterocycles. The van der Waals surface area contributed by atoms with Gasteiger partial charge in [-0.25, -0.2) is 22.0 Å². The van der Waals surface area contributed by atoms with E-state index in [1.54, 1.807) is 24.3 Å². The van der Waals surface area contributed by atoms with Crippen LogP contribution in [0.3, 0.4) is 0 Å². The number of carbonyl (C=O) groups excluding carboxylic acids is 1. The third kappa shape index (κ3) is 5.45. The predicted octanol–water partition coefficient (Wildman–Crippen LogP) is 8.28. The Morgan fingerprint density at radius 2 is 1.57 bits per heavy atom. The number of hydrogen-bond acceptors (Lipinski definition) is 3. The second-order valence-electron chi connectivity index (χ2n) is 7.62. The zero-order valence-corrected chi connectivity index (χ0v) is 24.1. The Kier molecular flexibility index (Phi) is 8.36. The SMILES string of the molecule is CC1=NN(c2c(F)c(F)c(F)c(F)c2F)C(=O)/C1=C\c1cc(I)cc(I)c1OCc1ccc(Cl)c(Cl)c1. The molecule has 0 saturated carbocycles. The van der Waals surface area contributed by atoms with E-state index in [4.69, 9.17) is 27.9 Å². The van der Waals surface area contributed by atoms with Gasteiger partial charge >= 0.3 is 0 Å². The fraction of sp³-hybridized carbons (Fsp3) is 0.0833. The summed E-state index contributed by atoms with van der Waals surface area (Å²) in [6, 6.07) is 8.51. The molecule has 4 rings (SSSR count). The Morgan fingerprint density at radius 1 is 0.946 bits per heavy atom. The van der Waals surface area contributed by atoms with Gasteiger partial charge in [0.1, 0.15) is 18.0 Å². The lowest BCUT2D eigenvalue weighted by atomic mass is 10.1. The van der Waals surface area contributed by atoms with Crippen LogP contribution in [0.5, 0.6) is 5.75 Å². The van der Waals surface area contributed by atoms with Crippen molar-refractivity contribution < 1.29 is 31.5 Å². The lowest BCUT2D eigenvalue weighted by molar-refractivity contribution is -0.114. The molecule has 1 amide bonds. The molecule has 13 heteroatoms. The normalized spacial score (nSPS) is 14.5. The van der Waals surface area contributed by atoms with Crippen molar-refractivity contribution in [2.45, 2.75) is 13.5 Å². The maximum atomic E-state index is 14.4. The highest BCUT2D eigenvalue weighted by atomic mass is 127. The Morgan fingerprint density at radius 3 is 2.19 bits per heavy atom. The van der Waals surface area contributed by atoms with Gasteiger partial charge in [0, 0.05) is 9.13 Å². The highest BCUT2D eigenvalue weighted by Crippen LogP contribution is 2.36. The fourth-order valence-corrected chi connectivity index (χ4v) is 5.76. The first kappa shape index (κ1) is 28.0. The molecule has 0 radical (unpaired) electrons. The quantitative estimate of drug-likeness (QED) is 0.0861. The summed E-state index contributed by atoms with van der Waals surface area (Å²) in [6.07, 6.45) is 1.38. The number of hydrazone groups is 1. The molecule has 37 heavy (non-hydrogen) atoms. The van der Waals surface area contributed by atoms with E-state index < -0.39 is 40.7 Å². The average Bonchev–Trinajstić information content (AvgIpc) is 3.11. The maximum absolute atomic E-state index is 14.4. The molecule has 0 saturated heterocycles. The van der Waals surface area contributed by atoms with Gasteiger partial charge in [0.25, 0.3) is 5.91 Å². The van der Waals surface area contributed by atoms with Gasteiger partial charge < -0.3 is 4.74 Å². The standard InChI is InChI=1S/C24H11Cl2F5I2N2O2/c1-9-13(24(36)35(34-9)22-20(30)18(28)17(27)19(29)21(22)31)6-11-5-12(32)7-16(33)23(11)37-8-10-2-3-14(25)15(26)4-10/h2-7H,8H2,1H3/b13-6-. The summed E-state index contributed by atoms with van der Waals surface area (Å²) < 4.78 is 77.1. The summed E-state index contributed by atoms with van der Waals surface area (Å²) in [7, 11) is 0. The number of benzene rings is 3. The van der Waals surface area contributed by atoms with Gasteiger partial charge in [0.2, 0.25) is 5.82 Å². The van der Waals surface area contributed by atoms with Crippen molar-refractivity contribution in [3.05, 3.63) is 93.3 Å². The van der Waals surface area contributed by atoms with Crippen LogP contribution in [0, 0.1) is 36.2 Å². The molecule has 0 aromatic heterocycles. The van der Waals surface area contributed by atoms with Crippen LogP contribution in [0.1, 0.15) is 18.1 Å². The molecule has 0 N–H and O–H groups in total. The van der Waals surface area contributed by atoms with E-state index in [1.807, 2.05) is 28.7 Å². The van der Waals surface area contributed by atoms with Crippen molar-refractivity contribution in [2.75, 3.05) is 5.01 Å². The molecule has 192 valence electrons. The highest BCUT2D eigenvalue weighted by Gasteiger charge is 2.37. The largest absolute Gasteiger partial charge is 0.487 e. The Balaban J connectivity index is 1.73. The topological polar surface area (TPSA) is 41.9 Å². The van der Waals surface area contributed by atoms with Gasteiger partial charge in [-0.05, 0) is 88.0 Å². The summed E-state index contributed by atoms with van der Waals surface area (Å²) in [5, 5.41) is 4.65. The first-order chi connectivity index (χ1) is 17.4. The lowest BCUT2D eigenvalue weighted by Crippen LogP contribution is -2.25. The van der Waals surface area contributed by atoms with Crippen LogP contribution in [0.2, 0.25) is 10.0 Å². The number of rotatable bonds is 5. The van der Waals surface area contributed by atoms with Crippen molar-refractivity contribution in [1.82, 2.24) is 0 Å². The number of nitrogens with zero attached hydrogens (tertiary/aromatic N) is 2. The number of anilines is 1. The number of hydrogen-bond donors (Lipinski definition) is 0. The molecule has 3 aromatic carbocycles. The second-order valence-corrected chi connectivity index (χ2v) is 10.8. The van der Waals surface area contributed by atoms with Gasteiger partial charge in [-0.3, -0.25) is 4.79 Å². The summed E-state index contributed by atoms with van der Waals surface area (Å²) in [4.78, 5) is 13.1. The molecule has 4 nitrogen and oxygen atoms in total. The highest BCUT2D eigenvalue weighted by molar-refractivity contribution is 14.1. The van der Waals surface area contributed by atoms with Crippen molar-refractivity contribution >= 4 is 91.8 Å². The van der Waals surface area contributed by atoms with E-state index in [0.29, 0.717) is 24.9 Å². The molecule has 0 unspecified atom stereocenters. The monoisotopic (exact) mass is 778 g/mol. The molecule has 3 aromatic rings. The minimum Gasteiger partial charge on any atom is -0.487 e. The van der Waals surface area contributed by atoms with E-state index in [9.17, 15) is 26.7 Å². The minimum absolute atomic E-state index is 0.00163. The van der Waals surface area contributed by atoms with Crippen molar-refractivity contribution in [2.24, 2.45) is 5.10 Å². The molecule has 0 spiro atoms. The lowest BCUT2D eigenvalue weighted by Gasteiger charge is -2.15. The molecule has 0 atom stereocenters.